The van der Waals surface area contributed by atoms with E-state index in [-0.39, 0.29) is 11.9 Å². The van der Waals surface area contributed by atoms with Crippen LogP contribution in [0.2, 0.25) is 0 Å². The van der Waals surface area contributed by atoms with Crippen molar-refractivity contribution in [3.05, 3.63) is 0 Å². The standard InChI is InChI=1S/C13H24O3/c1-3-10(4-2)9-16-13(15)11-7-5-6-8-12(11)14/h10-12,14H,3-9H2,1-2H3/t11-,12+/m1/s1. The number of aliphatic hydroxyl groups is 1. The summed E-state index contributed by atoms with van der Waals surface area (Å²) in [7, 11) is 0. The number of aliphatic hydroxyl groups excluding tert-OH is 1. The van der Waals surface area contributed by atoms with E-state index in [1.807, 2.05) is 0 Å². The Hall–Kier alpha value is -0.570. The molecule has 0 bridgehead atoms. The first-order valence-corrected chi connectivity index (χ1v) is 6.53. The Morgan fingerprint density at radius 3 is 2.50 bits per heavy atom. The highest BCUT2D eigenvalue weighted by molar-refractivity contribution is 5.73. The molecule has 1 saturated carbocycles. The smallest absolute Gasteiger partial charge is 0.311 e. The summed E-state index contributed by atoms with van der Waals surface area (Å²) in [6.45, 7) is 4.73. The number of carbonyl (C=O) groups is 1. The van der Waals surface area contributed by atoms with E-state index in [1.165, 1.54) is 0 Å². The highest BCUT2D eigenvalue weighted by Gasteiger charge is 2.30. The molecule has 0 aromatic heterocycles. The van der Waals surface area contributed by atoms with Gasteiger partial charge in [-0.1, -0.05) is 39.5 Å². The second kappa shape index (κ2) is 6.89. The van der Waals surface area contributed by atoms with Crippen molar-refractivity contribution >= 4 is 5.97 Å². The van der Waals surface area contributed by atoms with Crippen LogP contribution in [-0.2, 0) is 9.53 Å². The van der Waals surface area contributed by atoms with Crippen molar-refractivity contribution < 1.29 is 14.6 Å². The molecule has 1 N–H and O–H groups in total. The van der Waals surface area contributed by atoms with Crippen molar-refractivity contribution in [2.45, 2.75) is 58.5 Å². The Labute approximate surface area is 98.2 Å². The zero-order valence-corrected chi connectivity index (χ0v) is 10.4. The number of rotatable bonds is 5. The molecule has 16 heavy (non-hydrogen) atoms. The van der Waals surface area contributed by atoms with Crippen LogP contribution in [0.1, 0.15) is 52.4 Å². The minimum absolute atomic E-state index is 0.195. The molecule has 0 heterocycles. The van der Waals surface area contributed by atoms with Crippen LogP contribution in [0.5, 0.6) is 0 Å². The summed E-state index contributed by atoms with van der Waals surface area (Å²) in [5, 5.41) is 9.72. The maximum Gasteiger partial charge on any atom is 0.311 e. The van der Waals surface area contributed by atoms with E-state index in [4.69, 9.17) is 4.74 Å². The van der Waals surface area contributed by atoms with Gasteiger partial charge in [0.25, 0.3) is 0 Å². The lowest BCUT2D eigenvalue weighted by atomic mass is 9.86. The van der Waals surface area contributed by atoms with Crippen LogP contribution in [0.3, 0.4) is 0 Å². The Bertz CT molecular complexity index is 211. The normalized spacial score (nSPS) is 25.8. The zero-order chi connectivity index (χ0) is 12.0. The van der Waals surface area contributed by atoms with Gasteiger partial charge in [-0.2, -0.15) is 0 Å². The highest BCUT2D eigenvalue weighted by Crippen LogP contribution is 2.25. The minimum atomic E-state index is -0.483. The molecule has 3 nitrogen and oxygen atoms in total. The molecule has 3 heteroatoms. The molecule has 0 aromatic carbocycles. The monoisotopic (exact) mass is 228 g/mol. The maximum absolute atomic E-state index is 11.8. The zero-order valence-electron chi connectivity index (χ0n) is 10.4. The van der Waals surface area contributed by atoms with Gasteiger partial charge in [0.2, 0.25) is 0 Å². The average Bonchev–Trinajstić information content (AvgIpc) is 2.30. The van der Waals surface area contributed by atoms with Crippen molar-refractivity contribution in [3.63, 3.8) is 0 Å². The molecule has 1 aliphatic carbocycles. The summed E-state index contributed by atoms with van der Waals surface area (Å²) in [5.41, 5.74) is 0. The molecule has 94 valence electrons. The molecule has 0 amide bonds. The summed E-state index contributed by atoms with van der Waals surface area (Å²) in [6, 6.07) is 0. The van der Waals surface area contributed by atoms with Gasteiger partial charge < -0.3 is 9.84 Å². The van der Waals surface area contributed by atoms with Crippen molar-refractivity contribution in [1.82, 2.24) is 0 Å². The van der Waals surface area contributed by atoms with Crippen LogP contribution < -0.4 is 0 Å². The SMILES string of the molecule is CCC(CC)COC(=O)[C@@H]1CCCC[C@@H]1O. The first-order chi connectivity index (χ1) is 7.69. The molecule has 0 aromatic rings. The van der Waals surface area contributed by atoms with E-state index < -0.39 is 6.10 Å². The third-order valence-electron chi connectivity index (χ3n) is 3.65. The van der Waals surface area contributed by atoms with Crippen molar-refractivity contribution in [2.75, 3.05) is 6.61 Å². The number of carbonyl (C=O) groups excluding carboxylic acids is 1. The van der Waals surface area contributed by atoms with Gasteiger partial charge in [0.1, 0.15) is 0 Å². The Morgan fingerprint density at radius 1 is 1.31 bits per heavy atom. The fraction of sp³-hybridized carbons (Fsp3) is 0.923. The molecule has 1 rings (SSSR count). The predicted molar refractivity (Wildman–Crippen MR) is 63.0 cm³/mol. The average molecular weight is 228 g/mol. The number of hydrogen-bond acceptors (Lipinski definition) is 3. The largest absolute Gasteiger partial charge is 0.465 e. The summed E-state index contributed by atoms with van der Waals surface area (Å²) in [5.74, 6) is -0.00750. The molecular formula is C13H24O3. The first-order valence-electron chi connectivity index (χ1n) is 6.53. The number of ether oxygens (including phenoxy) is 1. The molecule has 0 saturated heterocycles. The second-order valence-corrected chi connectivity index (χ2v) is 4.77. The predicted octanol–water partition coefficient (Wildman–Crippen LogP) is 2.52. The summed E-state index contributed by atoms with van der Waals surface area (Å²) < 4.78 is 5.30. The van der Waals surface area contributed by atoms with Gasteiger partial charge >= 0.3 is 5.97 Å². The molecular weight excluding hydrogens is 204 g/mol. The van der Waals surface area contributed by atoms with Crippen LogP contribution in [0.15, 0.2) is 0 Å². The first kappa shape index (κ1) is 13.5. The van der Waals surface area contributed by atoms with Gasteiger partial charge in [-0.05, 0) is 18.8 Å². The van der Waals surface area contributed by atoms with Crippen LogP contribution in [0, 0.1) is 11.8 Å². The van der Waals surface area contributed by atoms with Crippen LogP contribution in [0.25, 0.3) is 0 Å². The van der Waals surface area contributed by atoms with Crippen LogP contribution >= 0.6 is 0 Å². The lowest BCUT2D eigenvalue weighted by molar-refractivity contribution is -0.155. The van der Waals surface area contributed by atoms with Gasteiger partial charge in [0, 0.05) is 0 Å². The van der Waals surface area contributed by atoms with Crippen LogP contribution in [-0.4, -0.2) is 23.8 Å². The molecule has 0 spiro atoms. The molecule has 0 aliphatic heterocycles. The molecule has 1 fully saturated rings. The van der Waals surface area contributed by atoms with E-state index in [0.29, 0.717) is 12.5 Å². The van der Waals surface area contributed by atoms with Crippen molar-refractivity contribution in [1.29, 1.82) is 0 Å². The molecule has 1 aliphatic rings. The number of hydrogen-bond donors (Lipinski definition) is 1. The fourth-order valence-electron chi connectivity index (χ4n) is 2.22. The summed E-state index contributed by atoms with van der Waals surface area (Å²) >= 11 is 0. The third kappa shape index (κ3) is 3.78. The summed E-state index contributed by atoms with van der Waals surface area (Å²) in [4.78, 5) is 11.8. The fourth-order valence-corrected chi connectivity index (χ4v) is 2.22. The van der Waals surface area contributed by atoms with Crippen LogP contribution in [0.4, 0.5) is 0 Å². The van der Waals surface area contributed by atoms with E-state index in [9.17, 15) is 9.90 Å². The van der Waals surface area contributed by atoms with E-state index >= 15 is 0 Å². The van der Waals surface area contributed by atoms with E-state index in [1.54, 1.807) is 0 Å². The van der Waals surface area contributed by atoms with Crippen molar-refractivity contribution in [3.8, 4) is 0 Å². The van der Waals surface area contributed by atoms with Gasteiger partial charge in [-0.25, -0.2) is 0 Å². The lowest BCUT2D eigenvalue weighted by Gasteiger charge is -2.26. The van der Waals surface area contributed by atoms with E-state index in [0.717, 1.165) is 38.5 Å². The van der Waals surface area contributed by atoms with Gasteiger partial charge in [0.15, 0.2) is 0 Å². The molecule has 0 unspecified atom stereocenters. The number of esters is 1. The Balaban J connectivity index is 2.33. The molecule has 0 radical (unpaired) electrons. The van der Waals surface area contributed by atoms with Gasteiger partial charge in [-0.15, -0.1) is 0 Å². The molecule has 2 atom stereocenters. The quantitative estimate of drug-likeness (QED) is 0.735. The lowest BCUT2D eigenvalue weighted by Crippen LogP contribution is -2.33. The van der Waals surface area contributed by atoms with Gasteiger partial charge in [0.05, 0.1) is 18.6 Å². The Morgan fingerprint density at radius 2 is 1.94 bits per heavy atom. The highest BCUT2D eigenvalue weighted by atomic mass is 16.5. The Kier molecular flexibility index (Phi) is 5.81. The second-order valence-electron chi connectivity index (χ2n) is 4.77. The summed E-state index contributed by atoms with van der Waals surface area (Å²) in [6.07, 6.45) is 5.17. The van der Waals surface area contributed by atoms with Gasteiger partial charge in [-0.3, -0.25) is 4.79 Å². The third-order valence-corrected chi connectivity index (χ3v) is 3.65. The van der Waals surface area contributed by atoms with E-state index in [2.05, 4.69) is 13.8 Å². The maximum atomic E-state index is 11.8. The topological polar surface area (TPSA) is 46.5 Å². The van der Waals surface area contributed by atoms with Crippen molar-refractivity contribution in [2.24, 2.45) is 11.8 Å². The minimum Gasteiger partial charge on any atom is -0.465 e.